The van der Waals surface area contributed by atoms with E-state index in [0.29, 0.717) is 19.8 Å². The summed E-state index contributed by atoms with van der Waals surface area (Å²) in [7, 11) is 1.68. The molecule has 22 heavy (non-hydrogen) atoms. The fraction of sp³-hybridized carbons (Fsp3) is 0.500. The van der Waals surface area contributed by atoms with Gasteiger partial charge in [0.05, 0.1) is 19.3 Å². The minimum Gasteiger partial charge on any atom is -0.382 e. The van der Waals surface area contributed by atoms with Crippen LogP contribution < -0.4 is 5.73 Å². The Hall–Kier alpha value is -1.76. The fourth-order valence-electron chi connectivity index (χ4n) is 2.63. The summed E-state index contributed by atoms with van der Waals surface area (Å²) < 4.78 is 12.8. The second-order valence-electron chi connectivity index (χ2n) is 5.45. The van der Waals surface area contributed by atoms with Gasteiger partial charge < -0.3 is 15.2 Å². The van der Waals surface area contributed by atoms with Crippen LogP contribution in [0.1, 0.15) is 17.8 Å². The van der Waals surface area contributed by atoms with Crippen molar-refractivity contribution in [3.05, 3.63) is 35.7 Å². The van der Waals surface area contributed by atoms with Crippen LogP contribution >= 0.6 is 0 Å². The minimum absolute atomic E-state index is 0.208. The molecule has 6 heteroatoms. The van der Waals surface area contributed by atoms with E-state index in [1.807, 2.05) is 28.9 Å². The number of hydrogen-bond donors (Lipinski definition) is 1. The van der Waals surface area contributed by atoms with Gasteiger partial charge in [-0.15, -0.1) is 0 Å². The Morgan fingerprint density at radius 2 is 2.09 bits per heavy atom. The topological polar surface area (TPSA) is 75.2 Å². The lowest BCUT2D eigenvalue weighted by atomic mass is 10.1. The largest absolute Gasteiger partial charge is 0.382 e. The Morgan fingerprint density at radius 1 is 1.27 bits per heavy atom. The van der Waals surface area contributed by atoms with Crippen molar-refractivity contribution >= 4 is 0 Å². The molecule has 0 saturated heterocycles. The maximum atomic E-state index is 5.81. The van der Waals surface area contributed by atoms with Crippen LogP contribution in [-0.2, 0) is 29.0 Å². The Bertz CT molecular complexity index is 609. The van der Waals surface area contributed by atoms with Gasteiger partial charge in [0, 0.05) is 32.2 Å². The normalized spacial score (nSPS) is 17.5. The van der Waals surface area contributed by atoms with Crippen molar-refractivity contribution in [3.63, 3.8) is 0 Å². The van der Waals surface area contributed by atoms with Crippen molar-refractivity contribution in [2.45, 2.75) is 32.0 Å². The molecule has 1 aromatic carbocycles. The average Bonchev–Trinajstić information content (AvgIpc) is 2.98. The summed E-state index contributed by atoms with van der Waals surface area (Å²) in [6.07, 6.45) is 1.97. The van der Waals surface area contributed by atoms with Crippen LogP contribution in [0.3, 0.4) is 0 Å². The number of methoxy groups -OCH3 is 1. The van der Waals surface area contributed by atoms with Gasteiger partial charge in [-0.3, -0.25) is 0 Å². The van der Waals surface area contributed by atoms with Crippen molar-refractivity contribution < 1.29 is 9.47 Å². The second kappa shape index (κ2) is 7.00. The lowest BCUT2D eigenvalue weighted by molar-refractivity contribution is 0.00410. The maximum absolute atomic E-state index is 5.81. The van der Waals surface area contributed by atoms with Crippen LogP contribution in [0.25, 0.3) is 11.4 Å². The number of fused-ring (bicyclic) bond motifs is 1. The summed E-state index contributed by atoms with van der Waals surface area (Å²) >= 11 is 0. The number of aryl methyl sites for hydroxylation is 1. The number of ether oxygens (including phenoxy) is 2. The van der Waals surface area contributed by atoms with E-state index in [4.69, 9.17) is 15.2 Å². The van der Waals surface area contributed by atoms with E-state index in [-0.39, 0.29) is 6.10 Å². The van der Waals surface area contributed by atoms with Crippen molar-refractivity contribution in [1.82, 2.24) is 14.8 Å². The zero-order valence-corrected chi connectivity index (χ0v) is 12.9. The van der Waals surface area contributed by atoms with Gasteiger partial charge in [0.25, 0.3) is 0 Å². The zero-order chi connectivity index (χ0) is 15.4. The lowest BCUT2D eigenvalue weighted by Gasteiger charge is -2.22. The molecule has 2 heterocycles. The number of benzene rings is 1. The smallest absolute Gasteiger partial charge is 0.181 e. The molecular weight excluding hydrogens is 280 g/mol. The van der Waals surface area contributed by atoms with Crippen molar-refractivity contribution in [2.24, 2.45) is 5.73 Å². The van der Waals surface area contributed by atoms with E-state index in [0.717, 1.165) is 42.2 Å². The van der Waals surface area contributed by atoms with Gasteiger partial charge in [-0.1, -0.05) is 24.3 Å². The molecule has 6 nitrogen and oxygen atoms in total. The fourth-order valence-corrected chi connectivity index (χ4v) is 2.63. The monoisotopic (exact) mass is 302 g/mol. The van der Waals surface area contributed by atoms with Crippen LogP contribution in [0, 0.1) is 0 Å². The van der Waals surface area contributed by atoms with Crippen LogP contribution in [0.5, 0.6) is 0 Å². The summed E-state index contributed by atoms with van der Waals surface area (Å²) in [5, 5.41) is 4.60. The third-order valence-corrected chi connectivity index (χ3v) is 3.91. The van der Waals surface area contributed by atoms with E-state index in [2.05, 4.69) is 10.1 Å². The zero-order valence-electron chi connectivity index (χ0n) is 12.9. The predicted octanol–water partition coefficient (Wildman–Crippen LogP) is 1.38. The lowest BCUT2D eigenvalue weighted by Crippen LogP contribution is -2.27. The molecule has 3 rings (SSSR count). The van der Waals surface area contributed by atoms with Gasteiger partial charge in [0.15, 0.2) is 5.82 Å². The standard InChI is InChI=1S/C16H22N4O2/c1-21-8-9-22-14-6-7-20-15(10-14)18-16(19-20)13-4-2-12(11-17)3-5-13/h2-5,14H,6-11,17H2,1H3. The Kier molecular flexibility index (Phi) is 4.82. The number of nitrogens with two attached hydrogens (primary N) is 1. The summed E-state index contributed by atoms with van der Waals surface area (Å²) in [5.41, 5.74) is 7.76. The van der Waals surface area contributed by atoms with Crippen LogP contribution in [-0.4, -0.2) is 41.2 Å². The van der Waals surface area contributed by atoms with Crippen molar-refractivity contribution in [2.75, 3.05) is 20.3 Å². The van der Waals surface area contributed by atoms with E-state index in [1.54, 1.807) is 7.11 Å². The molecule has 0 spiro atoms. The molecule has 2 aromatic rings. The van der Waals surface area contributed by atoms with E-state index >= 15 is 0 Å². The third kappa shape index (κ3) is 3.35. The summed E-state index contributed by atoms with van der Waals surface area (Å²) in [6.45, 7) is 2.65. The average molecular weight is 302 g/mol. The second-order valence-corrected chi connectivity index (χ2v) is 5.45. The molecule has 0 bridgehead atoms. The van der Waals surface area contributed by atoms with E-state index < -0.39 is 0 Å². The number of nitrogens with zero attached hydrogens (tertiary/aromatic N) is 3. The van der Waals surface area contributed by atoms with Crippen LogP contribution in [0.2, 0.25) is 0 Å². The van der Waals surface area contributed by atoms with Gasteiger partial charge in [-0.05, 0) is 12.0 Å². The first-order valence-electron chi connectivity index (χ1n) is 7.64. The van der Waals surface area contributed by atoms with Crippen molar-refractivity contribution in [1.29, 1.82) is 0 Å². The molecule has 1 aliphatic rings. The molecular formula is C16H22N4O2. The molecule has 0 aliphatic carbocycles. The van der Waals surface area contributed by atoms with Gasteiger partial charge in [0.2, 0.25) is 0 Å². The number of aromatic nitrogens is 3. The highest BCUT2D eigenvalue weighted by Gasteiger charge is 2.22. The molecule has 1 unspecified atom stereocenters. The molecule has 0 saturated carbocycles. The first-order valence-corrected chi connectivity index (χ1v) is 7.64. The van der Waals surface area contributed by atoms with Gasteiger partial charge in [-0.25, -0.2) is 9.67 Å². The highest BCUT2D eigenvalue weighted by molar-refractivity contribution is 5.55. The van der Waals surface area contributed by atoms with Crippen LogP contribution in [0.4, 0.5) is 0 Å². The minimum atomic E-state index is 0.208. The molecule has 118 valence electrons. The van der Waals surface area contributed by atoms with Gasteiger partial charge in [-0.2, -0.15) is 5.10 Å². The molecule has 1 atom stereocenters. The maximum Gasteiger partial charge on any atom is 0.181 e. The first-order chi connectivity index (χ1) is 10.8. The molecule has 1 aliphatic heterocycles. The van der Waals surface area contributed by atoms with Gasteiger partial charge in [0.1, 0.15) is 5.82 Å². The Labute approximate surface area is 130 Å². The highest BCUT2D eigenvalue weighted by atomic mass is 16.5. The van der Waals surface area contributed by atoms with Crippen molar-refractivity contribution in [3.8, 4) is 11.4 Å². The molecule has 2 N–H and O–H groups in total. The summed E-state index contributed by atoms with van der Waals surface area (Å²) in [5.74, 6) is 1.77. The van der Waals surface area contributed by atoms with E-state index in [1.165, 1.54) is 0 Å². The van der Waals surface area contributed by atoms with E-state index in [9.17, 15) is 0 Å². The molecule has 0 radical (unpaired) electrons. The Balaban J connectivity index is 1.70. The van der Waals surface area contributed by atoms with Gasteiger partial charge >= 0.3 is 0 Å². The third-order valence-electron chi connectivity index (χ3n) is 3.91. The summed E-state index contributed by atoms with van der Waals surface area (Å²) in [4.78, 5) is 4.66. The first kappa shape index (κ1) is 15.1. The highest BCUT2D eigenvalue weighted by Crippen LogP contribution is 2.21. The SMILES string of the molecule is COCCOC1CCn2nc(-c3ccc(CN)cc3)nc2C1. The summed E-state index contributed by atoms with van der Waals surface area (Å²) in [6, 6.07) is 8.09. The Morgan fingerprint density at radius 3 is 2.82 bits per heavy atom. The molecule has 0 fully saturated rings. The molecule has 1 aromatic heterocycles. The number of rotatable bonds is 6. The van der Waals surface area contributed by atoms with Crippen LogP contribution in [0.15, 0.2) is 24.3 Å². The quantitative estimate of drug-likeness (QED) is 0.816. The predicted molar refractivity (Wildman–Crippen MR) is 83.3 cm³/mol. The number of hydrogen-bond acceptors (Lipinski definition) is 5. The molecule has 0 amide bonds.